The molecule has 27 heavy (non-hydrogen) atoms. The molecule has 6 heteroatoms. The maximum atomic E-state index is 10.1. The van der Waals surface area contributed by atoms with Crippen LogP contribution in [0.1, 0.15) is 52.4 Å². The van der Waals surface area contributed by atoms with Crippen molar-refractivity contribution < 1.29 is 10.2 Å². The van der Waals surface area contributed by atoms with Gasteiger partial charge in [-0.1, -0.05) is 13.8 Å². The Morgan fingerprint density at radius 2 is 1.93 bits per heavy atom. The Labute approximate surface area is 175 Å². The van der Waals surface area contributed by atoms with Crippen LogP contribution >= 0.6 is 24.8 Å². The molecule has 2 fully saturated rings. The number of nitrogens with zero attached hydrogens (tertiary/aromatic N) is 1. The minimum atomic E-state index is -0.247. The van der Waals surface area contributed by atoms with Crippen molar-refractivity contribution in [3.8, 4) is 0 Å². The quantitative estimate of drug-likeness (QED) is 0.656. The monoisotopic (exact) mass is 418 g/mol. The summed E-state index contributed by atoms with van der Waals surface area (Å²) in [4.78, 5) is 4.52. The van der Waals surface area contributed by atoms with E-state index < -0.39 is 0 Å². The first-order valence-electron chi connectivity index (χ1n) is 10.2. The van der Waals surface area contributed by atoms with Gasteiger partial charge in [-0.3, -0.25) is 4.99 Å². The third kappa shape index (κ3) is 3.40. The summed E-state index contributed by atoms with van der Waals surface area (Å²) in [6.07, 6.45) is 8.02. The average molecular weight is 419 g/mol. The van der Waals surface area contributed by atoms with Gasteiger partial charge in [0.25, 0.3) is 0 Å². The number of nitrogens with two attached hydrogens (primary N) is 1. The number of hydrogen-bond donors (Lipinski definition) is 3. The van der Waals surface area contributed by atoms with Crippen LogP contribution in [0.15, 0.2) is 16.1 Å². The predicted molar refractivity (Wildman–Crippen MR) is 115 cm³/mol. The van der Waals surface area contributed by atoms with Crippen LogP contribution < -0.4 is 5.73 Å². The first-order chi connectivity index (χ1) is 11.9. The van der Waals surface area contributed by atoms with Crippen molar-refractivity contribution in [1.29, 1.82) is 0 Å². The first-order valence-corrected chi connectivity index (χ1v) is 10.2. The molecule has 0 amide bonds. The molecule has 156 valence electrons. The Balaban J connectivity index is 0.00000131. The lowest BCUT2D eigenvalue weighted by atomic mass is 9.49. The molecule has 7 atom stereocenters. The third-order valence-electron chi connectivity index (χ3n) is 8.69. The van der Waals surface area contributed by atoms with Crippen LogP contribution in [0, 0.1) is 34.5 Å². The molecule has 0 bridgehead atoms. The van der Waals surface area contributed by atoms with Crippen LogP contribution in [-0.4, -0.2) is 42.2 Å². The van der Waals surface area contributed by atoms with Gasteiger partial charge in [0.05, 0.1) is 12.6 Å². The molecule has 0 aromatic rings. The van der Waals surface area contributed by atoms with Crippen molar-refractivity contribution in [1.82, 2.24) is 0 Å². The van der Waals surface area contributed by atoms with Crippen molar-refractivity contribution in [2.45, 2.75) is 58.5 Å². The molecule has 3 aliphatic carbocycles. The van der Waals surface area contributed by atoms with Gasteiger partial charge in [-0.25, -0.2) is 0 Å². The molecule has 4 N–H and O–H groups in total. The zero-order valence-corrected chi connectivity index (χ0v) is 18.2. The molecule has 1 heterocycles. The van der Waals surface area contributed by atoms with Gasteiger partial charge >= 0.3 is 0 Å². The van der Waals surface area contributed by atoms with Crippen molar-refractivity contribution >= 4 is 31.0 Å². The minimum Gasteiger partial charge on any atom is -0.396 e. The smallest absolute Gasteiger partial charge is 0.0611 e. The lowest BCUT2D eigenvalue weighted by Gasteiger charge is -2.56. The molecule has 0 spiro atoms. The highest BCUT2D eigenvalue weighted by atomic mass is 35.5. The van der Waals surface area contributed by atoms with Gasteiger partial charge in [-0.2, -0.15) is 0 Å². The van der Waals surface area contributed by atoms with Crippen LogP contribution in [0.25, 0.3) is 0 Å². The zero-order valence-electron chi connectivity index (χ0n) is 16.6. The second kappa shape index (κ2) is 8.31. The average Bonchev–Trinajstić information content (AvgIpc) is 3.17. The van der Waals surface area contributed by atoms with E-state index in [1.54, 1.807) is 5.57 Å². The van der Waals surface area contributed by atoms with E-state index in [1.807, 2.05) is 0 Å². The summed E-state index contributed by atoms with van der Waals surface area (Å²) < 4.78 is 0. The SMILES string of the molecule is C[C@]1([C@H]2CC[C@]3(C)C4=C(C=NC4)C[C@H]3[C@@H]2CN)CC[C@H](O)C[C@@H]1CO.Cl.Cl. The number of aliphatic hydroxyl groups excluding tert-OH is 2. The molecule has 0 aromatic carbocycles. The molecule has 1 aliphatic heterocycles. The van der Waals surface area contributed by atoms with E-state index in [0.717, 1.165) is 38.8 Å². The Bertz CT molecular complexity index is 611. The largest absolute Gasteiger partial charge is 0.396 e. The molecule has 0 radical (unpaired) electrons. The molecule has 4 aliphatic rings. The van der Waals surface area contributed by atoms with Crippen LogP contribution in [0.3, 0.4) is 0 Å². The van der Waals surface area contributed by atoms with Gasteiger partial charge in [0.1, 0.15) is 0 Å². The molecule has 0 aromatic heterocycles. The highest BCUT2D eigenvalue weighted by Gasteiger charge is 2.57. The summed E-state index contributed by atoms with van der Waals surface area (Å²) in [5, 5.41) is 20.1. The Hall–Kier alpha value is -0.130. The fraction of sp³-hybridized carbons (Fsp3) is 0.857. The standard InChI is InChI=1S/C21H34N2O2.2ClH/c1-20(5-3-15(25)8-14(20)12-24)17-4-6-21(2)18(16(17)9-22)7-13-10-23-11-19(13)21;;/h10,14-18,24-25H,3-9,11-12,22H2,1-2H3;2*1H/t14-,15+,16-,17+,18+,20+,21+;;/m1../s1. The van der Waals surface area contributed by atoms with E-state index >= 15 is 0 Å². The van der Waals surface area contributed by atoms with Crippen molar-refractivity contribution in [2.24, 2.45) is 45.2 Å². The molecule has 0 saturated heterocycles. The van der Waals surface area contributed by atoms with Crippen molar-refractivity contribution in [3.63, 3.8) is 0 Å². The summed E-state index contributed by atoms with van der Waals surface area (Å²) in [6.45, 7) is 6.63. The maximum Gasteiger partial charge on any atom is 0.0611 e. The number of hydrogen-bond acceptors (Lipinski definition) is 4. The van der Waals surface area contributed by atoms with Gasteiger partial charge in [0, 0.05) is 12.8 Å². The normalized spacial score (nSPS) is 45.7. The highest BCUT2D eigenvalue weighted by Crippen LogP contribution is 2.63. The fourth-order valence-electron chi connectivity index (χ4n) is 7.06. The van der Waals surface area contributed by atoms with Crippen molar-refractivity contribution in [2.75, 3.05) is 19.7 Å². The first kappa shape index (κ1) is 23.2. The van der Waals surface area contributed by atoms with Gasteiger partial charge in [-0.15, -0.1) is 24.8 Å². The number of allylic oxidation sites excluding steroid dienone is 1. The topological polar surface area (TPSA) is 78.8 Å². The van der Waals surface area contributed by atoms with E-state index in [-0.39, 0.29) is 54.3 Å². The van der Waals surface area contributed by atoms with Gasteiger partial charge < -0.3 is 15.9 Å². The summed E-state index contributed by atoms with van der Waals surface area (Å²) in [6, 6.07) is 0. The van der Waals surface area contributed by atoms with E-state index in [0.29, 0.717) is 17.8 Å². The summed E-state index contributed by atoms with van der Waals surface area (Å²) in [5.74, 6) is 1.88. The minimum absolute atomic E-state index is 0. The van der Waals surface area contributed by atoms with E-state index in [1.165, 1.54) is 18.4 Å². The third-order valence-corrected chi connectivity index (χ3v) is 8.69. The van der Waals surface area contributed by atoms with Crippen LogP contribution in [0.5, 0.6) is 0 Å². The summed E-state index contributed by atoms with van der Waals surface area (Å²) >= 11 is 0. The Morgan fingerprint density at radius 1 is 1.19 bits per heavy atom. The number of aliphatic imine (C=N–C) groups is 1. The van der Waals surface area contributed by atoms with Crippen molar-refractivity contribution in [3.05, 3.63) is 11.1 Å². The lowest BCUT2D eigenvalue weighted by Crippen LogP contribution is -2.53. The fourth-order valence-corrected chi connectivity index (χ4v) is 7.06. The van der Waals surface area contributed by atoms with E-state index in [9.17, 15) is 10.2 Å². The molecule has 2 saturated carbocycles. The second-order valence-corrected chi connectivity index (χ2v) is 9.56. The molecular weight excluding hydrogens is 383 g/mol. The predicted octanol–water partition coefficient (Wildman–Crippen LogP) is 3.38. The number of fused-ring (bicyclic) bond motifs is 2. The van der Waals surface area contributed by atoms with Crippen LogP contribution in [0.2, 0.25) is 0 Å². The molecule has 4 nitrogen and oxygen atoms in total. The number of rotatable bonds is 3. The lowest BCUT2D eigenvalue weighted by molar-refractivity contribution is -0.0929. The van der Waals surface area contributed by atoms with Gasteiger partial charge in [0.2, 0.25) is 0 Å². The number of aliphatic hydroxyl groups is 2. The Morgan fingerprint density at radius 3 is 2.59 bits per heavy atom. The molecular formula is C21H36Cl2N2O2. The Kier molecular flexibility index (Phi) is 7.13. The van der Waals surface area contributed by atoms with Crippen LogP contribution in [0.4, 0.5) is 0 Å². The highest BCUT2D eigenvalue weighted by molar-refractivity contribution is 5.85. The molecule has 0 unspecified atom stereocenters. The number of halogens is 2. The van der Waals surface area contributed by atoms with Gasteiger partial charge in [-0.05, 0) is 90.7 Å². The van der Waals surface area contributed by atoms with Crippen LogP contribution in [-0.2, 0) is 0 Å². The second-order valence-electron chi connectivity index (χ2n) is 9.56. The zero-order chi connectivity index (χ0) is 17.8. The van der Waals surface area contributed by atoms with E-state index in [2.05, 4.69) is 25.1 Å². The maximum absolute atomic E-state index is 10.1. The summed E-state index contributed by atoms with van der Waals surface area (Å²) in [5.41, 5.74) is 9.80. The summed E-state index contributed by atoms with van der Waals surface area (Å²) in [7, 11) is 0. The molecule has 4 rings (SSSR count). The van der Waals surface area contributed by atoms with E-state index in [4.69, 9.17) is 5.73 Å². The van der Waals surface area contributed by atoms with Gasteiger partial charge in [0.15, 0.2) is 0 Å².